The summed E-state index contributed by atoms with van der Waals surface area (Å²) in [6.45, 7) is 7.70. The molecule has 0 spiro atoms. The Morgan fingerprint density at radius 1 is 1.43 bits per heavy atom. The molecule has 4 nitrogen and oxygen atoms in total. The van der Waals surface area contributed by atoms with Crippen LogP contribution >= 0.6 is 23.3 Å². The minimum absolute atomic E-state index is 0.323. The molecule has 0 amide bonds. The number of halogens is 1. The fraction of sp³-hybridized carbons (Fsp3) is 0.200. The van der Waals surface area contributed by atoms with E-state index in [1.54, 1.807) is 38.1 Å². The largest absolute Gasteiger partial charge is 0.322 e. The van der Waals surface area contributed by atoms with E-state index in [-0.39, 0.29) is 0 Å². The van der Waals surface area contributed by atoms with Crippen LogP contribution in [-0.2, 0) is 9.09 Å². The molecule has 0 saturated heterocycles. The molecule has 1 atom stereocenters. The maximum Gasteiger partial charge on any atom is 0.260 e. The van der Waals surface area contributed by atoms with Gasteiger partial charge in [-0.15, -0.1) is 0 Å². The minimum atomic E-state index is -3.18. The zero-order valence-corrected chi connectivity index (χ0v) is 14.5. The van der Waals surface area contributed by atoms with Crippen molar-refractivity contribution in [2.75, 3.05) is 6.61 Å². The van der Waals surface area contributed by atoms with Crippen LogP contribution in [0.25, 0.3) is 0 Å². The van der Waals surface area contributed by atoms with Crippen molar-refractivity contribution in [2.45, 2.75) is 13.8 Å². The first-order chi connectivity index (χ1) is 9.93. The normalized spacial score (nSPS) is 15.4. The second-order valence-electron chi connectivity index (χ2n) is 4.26. The number of hydrogen-bond acceptors (Lipinski definition) is 4. The van der Waals surface area contributed by atoms with Crippen molar-refractivity contribution in [3.63, 3.8) is 0 Å². The van der Waals surface area contributed by atoms with Crippen LogP contribution in [-0.4, -0.2) is 11.8 Å². The lowest BCUT2D eigenvalue weighted by Gasteiger charge is -2.18. The lowest BCUT2D eigenvalue weighted by atomic mass is 10.4. The summed E-state index contributed by atoms with van der Waals surface area (Å²) in [5, 5.41) is 9.76. The van der Waals surface area contributed by atoms with Crippen molar-refractivity contribution < 1.29 is 14.3 Å². The van der Waals surface area contributed by atoms with Gasteiger partial charge in [0.15, 0.2) is 0 Å². The molecule has 0 aromatic heterocycles. The third-order valence-electron chi connectivity index (χ3n) is 2.62. The second-order valence-corrected chi connectivity index (χ2v) is 7.63. The van der Waals surface area contributed by atoms with Crippen molar-refractivity contribution in [2.24, 2.45) is 0 Å². The van der Waals surface area contributed by atoms with E-state index in [2.05, 4.69) is 22.5 Å². The molecule has 1 aromatic rings. The summed E-state index contributed by atoms with van der Waals surface area (Å²) in [5.41, 5.74) is 2.56. The Bertz CT molecular complexity index is 596. The molecule has 0 radical (unpaired) electrons. The lowest BCUT2D eigenvalue weighted by molar-refractivity contribution is 0.201. The number of rotatable bonds is 7. The molecule has 1 rings (SSSR count). The fourth-order valence-corrected chi connectivity index (χ4v) is 4.33. The van der Waals surface area contributed by atoms with Gasteiger partial charge >= 0.3 is 0 Å². The van der Waals surface area contributed by atoms with Crippen LogP contribution in [0, 0.1) is 0 Å². The molecule has 0 heterocycles. The molecule has 21 heavy (non-hydrogen) atoms. The molecule has 0 fully saturated rings. The van der Waals surface area contributed by atoms with E-state index in [1.807, 2.05) is 23.7 Å². The van der Waals surface area contributed by atoms with E-state index in [4.69, 9.17) is 9.73 Å². The number of hydrogen-bond donors (Lipinski definition) is 2. The highest BCUT2D eigenvalue weighted by Crippen LogP contribution is 2.54. The SMILES string of the molecule is C=C(C=C(Br)C=C(C)NO)P(=O)(OCC)c1ccccc1. The van der Waals surface area contributed by atoms with Gasteiger partial charge in [-0.3, -0.25) is 15.3 Å². The average molecular weight is 372 g/mol. The summed E-state index contributed by atoms with van der Waals surface area (Å²) < 4.78 is 19.3. The molecule has 0 saturated carbocycles. The molecule has 6 heteroatoms. The molecular formula is C15H19BrNO3P. The molecular weight excluding hydrogens is 353 g/mol. The summed E-state index contributed by atoms with van der Waals surface area (Å²) in [7, 11) is -3.18. The standard InChI is InChI=1S/C15H19BrNO3P/c1-4-20-21(19,15-8-6-5-7-9-15)13(3)11-14(16)10-12(2)17-18/h5-11,17-18H,3-4H2,1-2H3. The molecule has 2 N–H and O–H groups in total. The lowest BCUT2D eigenvalue weighted by Crippen LogP contribution is -2.08. The van der Waals surface area contributed by atoms with Crippen molar-refractivity contribution >= 4 is 28.6 Å². The van der Waals surface area contributed by atoms with Crippen LogP contribution in [0.3, 0.4) is 0 Å². The van der Waals surface area contributed by atoms with Gasteiger partial charge in [0.25, 0.3) is 7.37 Å². The van der Waals surface area contributed by atoms with E-state index in [9.17, 15) is 4.57 Å². The van der Waals surface area contributed by atoms with Gasteiger partial charge in [-0.25, -0.2) is 0 Å². The maximum atomic E-state index is 13.1. The topological polar surface area (TPSA) is 58.6 Å². The molecule has 0 aliphatic carbocycles. The van der Waals surface area contributed by atoms with Crippen molar-refractivity contribution in [3.05, 3.63) is 64.6 Å². The molecule has 114 valence electrons. The van der Waals surface area contributed by atoms with Gasteiger partial charge in [0.1, 0.15) is 0 Å². The van der Waals surface area contributed by atoms with E-state index < -0.39 is 7.37 Å². The number of hydroxylamine groups is 1. The van der Waals surface area contributed by atoms with Gasteiger partial charge in [-0.1, -0.05) is 40.7 Å². The van der Waals surface area contributed by atoms with Gasteiger partial charge in [0.05, 0.1) is 6.61 Å². The average Bonchev–Trinajstić information content (AvgIpc) is 2.47. The fourth-order valence-electron chi connectivity index (χ4n) is 1.65. The Morgan fingerprint density at radius 3 is 2.57 bits per heavy atom. The zero-order valence-electron chi connectivity index (χ0n) is 12.0. The molecule has 1 aromatic carbocycles. The third kappa shape index (κ3) is 4.97. The highest BCUT2D eigenvalue weighted by atomic mass is 79.9. The molecule has 0 bridgehead atoms. The first kappa shape index (κ1) is 17.9. The van der Waals surface area contributed by atoms with Crippen molar-refractivity contribution in [1.29, 1.82) is 0 Å². The van der Waals surface area contributed by atoms with Crippen LogP contribution in [0.5, 0.6) is 0 Å². The molecule has 1 unspecified atom stereocenters. The summed E-state index contributed by atoms with van der Waals surface area (Å²) in [4.78, 5) is 0. The smallest absolute Gasteiger partial charge is 0.260 e. The van der Waals surface area contributed by atoms with Crippen LogP contribution in [0.1, 0.15) is 13.8 Å². The van der Waals surface area contributed by atoms with Gasteiger partial charge in [0, 0.05) is 20.8 Å². The quantitative estimate of drug-likeness (QED) is 0.426. The maximum absolute atomic E-state index is 13.1. The first-order valence-corrected chi connectivity index (χ1v) is 8.81. The minimum Gasteiger partial charge on any atom is -0.322 e. The Kier molecular flexibility index (Phi) is 7.12. The van der Waals surface area contributed by atoms with Gasteiger partial charge in [0.2, 0.25) is 0 Å². The molecule has 0 aliphatic rings. The van der Waals surface area contributed by atoms with Crippen LogP contribution in [0.15, 0.2) is 64.6 Å². The highest BCUT2D eigenvalue weighted by Gasteiger charge is 2.27. The van der Waals surface area contributed by atoms with Crippen molar-refractivity contribution in [1.82, 2.24) is 5.48 Å². The Balaban J connectivity index is 3.15. The van der Waals surface area contributed by atoms with E-state index in [0.717, 1.165) is 0 Å². The van der Waals surface area contributed by atoms with Crippen LogP contribution < -0.4 is 10.8 Å². The van der Waals surface area contributed by atoms with Gasteiger partial charge in [-0.2, -0.15) is 0 Å². The predicted octanol–water partition coefficient (Wildman–Crippen LogP) is 4.30. The van der Waals surface area contributed by atoms with Crippen LogP contribution in [0.4, 0.5) is 0 Å². The van der Waals surface area contributed by atoms with Gasteiger partial charge in [-0.05, 0) is 38.1 Å². The van der Waals surface area contributed by atoms with Gasteiger partial charge < -0.3 is 4.52 Å². The van der Waals surface area contributed by atoms with E-state index in [0.29, 0.717) is 27.4 Å². The van der Waals surface area contributed by atoms with Crippen LogP contribution in [0.2, 0.25) is 0 Å². The summed E-state index contributed by atoms with van der Waals surface area (Å²) in [5.74, 6) is 0. The molecule has 0 aliphatic heterocycles. The predicted molar refractivity (Wildman–Crippen MR) is 90.1 cm³/mol. The van der Waals surface area contributed by atoms with E-state index in [1.165, 1.54) is 0 Å². The first-order valence-electron chi connectivity index (χ1n) is 6.39. The Hall–Kier alpha value is -1.13. The summed E-state index contributed by atoms with van der Waals surface area (Å²) >= 11 is 3.33. The summed E-state index contributed by atoms with van der Waals surface area (Å²) in [6.07, 6.45) is 3.27. The monoisotopic (exact) mass is 371 g/mol. The third-order valence-corrected chi connectivity index (χ3v) is 5.56. The number of allylic oxidation sites excluding steroid dienone is 5. The number of nitrogens with one attached hydrogen (secondary N) is 1. The second kappa shape index (κ2) is 8.35. The zero-order chi connectivity index (χ0) is 15.9. The number of benzene rings is 1. The van der Waals surface area contributed by atoms with E-state index >= 15 is 0 Å². The Morgan fingerprint density at radius 2 is 2.05 bits per heavy atom. The highest BCUT2D eigenvalue weighted by molar-refractivity contribution is 9.11. The summed E-state index contributed by atoms with van der Waals surface area (Å²) in [6, 6.07) is 9.01. The van der Waals surface area contributed by atoms with Crippen molar-refractivity contribution in [3.8, 4) is 0 Å². The Labute approximate surface area is 133 Å².